The van der Waals surface area contributed by atoms with Crippen molar-refractivity contribution in [2.45, 2.75) is 19.3 Å². The number of para-hydroxylation sites is 2. The van der Waals surface area contributed by atoms with Crippen LogP contribution in [0.1, 0.15) is 18.7 Å². The molecule has 1 saturated heterocycles. The van der Waals surface area contributed by atoms with Crippen LogP contribution in [0.4, 0.5) is 8.78 Å². The number of likely N-dealkylation sites (tertiary alicyclic amines) is 1. The van der Waals surface area contributed by atoms with Crippen LogP contribution in [-0.4, -0.2) is 40.5 Å². The number of hydrogen-bond donors (Lipinski definition) is 1. The van der Waals surface area contributed by atoms with Crippen LogP contribution in [0.15, 0.2) is 42.5 Å². The van der Waals surface area contributed by atoms with E-state index >= 15 is 0 Å². The molecule has 1 aliphatic rings. The number of halogens is 2. The first-order chi connectivity index (χ1) is 13.6. The second kappa shape index (κ2) is 7.96. The summed E-state index contributed by atoms with van der Waals surface area (Å²) in [6.07, 6.45) is 2.70. The van der Waals surface area contributed by atoms with Gasteiger partial charge in [-0.25, -0.2) is 13.8 Å². The van der Waals surface area contributed by atoms with E-state index in [-0.39, 0.29) is 18.3 Å². The Balaban J connectivity index is 1.34. The molecule has 1 fully saturated rings. The summed E-state index contributed by atoms with van der Waals surface area (Å²) < 4.78 is 31.8. The maximum Gasteiger partial charge on any atom is 0.260 e. The quantitative estimate of drug-likeness (QED) is 0.729. The molecule has 0 bridgehead atoms. The molecule has 0 unspecified atom stereocenters. The maximum absolute atomic E-state index is 13.6. The number of benzene rings is 2. The Bertz CT molecular complexity index is 956. The Morgan fingerprint density at radius 2 is 2.11 bits per heavy atom. The number of carbonyl (C=O) groups is 1. The van der Waals surface area contributed by atoms with E-state index in [0.717, 1.165) is 48.3 Å². The van der Waals surface area contributed by atoms with E-state index in [1.807, 2.05) is 24.3 Å². The number of amides is 1. The molecule has 0 spiro atoms. The molecule has 5 nitrogen and oxygen atoms in total. The molecular formula is C21H21F2N3O2. The molecule has 0 saturated carbocycles. The minimum atomic E-state index is -0.811. The highest BCUT2D eigenvalue weighted by atomic mass is 19.1. The SMILES string of the molecule is O=C(COc1ccc(F)cc1F)N1CCC[C@H](Cc2nc3ccccc3[nH]2)C1. The van der Waals surface area contributed by atoms with Crippen LogP contribution in [-0.2, 0) is 11.2 Å². The highest BCUT2D eigenvalue weighted by molar-refractivity contribution is 5.78. The first kappa shape index (κ1) is 18.4. The van der Waals surface area contributed by atoms with Crippen LogP contribution < -0.4 is 4.74 Å². The van der Waals surface area contributed by atoms with E-state index in [2.05, 4.69) is 9.97 Å². The van der Waals surface area contributed by atoms with Crippen LogP contribution in [0.25, 0.3) is 11.0 Å². The predicted molar refractivity (Wildman–Crippen MR) is 101 cm³/mol. The number of fused-ring (bicyclic) bond motifs is 1. The summed E-state index contributed by atoms with van der Waals surface area (Å²) in [6, 6.07) is 10.9. The number of nitrogens with one attached hydrogen (secondary N) is 1. The fourth-order valence-corrected chi connectivity index (χ4v) is 3.66. The lowest BCUT2D eigenvalue weighted by Crippen LogP contribution is -2.42. The highest BCUT2D eigenvalue weighted by Crippen LogP contribution is 2.22. The van der Waals surface area contributed by atoms with Crippen LogP contribution in [0, 0.1) is 17.6 Å². The van der Waals surface area contributed by atoms with Gasteiger partial charge in [-0.15, -0.1) is 0 Å². The molecule has 0 aliphatic carbocycles. The van der Waals surface area contributed by atoms with Crippen molar-refractivity contribution in [2.75, 3.05) is 19.7 Å². The summed E-state index contributed by atoms with van der Waals surface area (Å²) in [5.74, 6) is -0.579. The molecule has 7 heteroatoms. The van der Waals surface area contributed by atoms with Crippen molar-refractivity contribution >= 4 is 16.9 Å². The van der Waals surface area contributed by atoms with E-state index in [1.165, 1.54) is 6.07 Å². The number of piperidine rings is 1. The number of aromatic amines is 1. The maximum atomic E-state index is 13.6. The van der Waals surface area contributed by atoms with Crippen molar-refractivity contribution in [1.29, 1.82) is 0 Å². The van der Waals surface area contributed by atoms with Gasteiger partial charge in [0.2, 0.25) is 0 Å². The number of ether oxygens (including phenoxy) is 1. The first-order valence-corrected chi connectivity index (χ1v) is 9.38. The number of nitrogens with zero attached hydrogens (tertiary/aromatic N) is 2. The van der Waals surface area contributed by atoms with Crippen molar-refractivity contribution in [1.82, 2.24) is 14.9 Å². The lowest BCUT2D eigenvalue weighted by atomic mass is 9.94. The molecule has 1 aliphatic heterocycles. The fourth-order valence-electron chi connectivity index (χ4n) is 3.66. The highest BCUT2D eigenvalue weighted by Gasteiger charge is 2.25. The van der Waals surface area contributed by atoms with Gasteiger partial charge >= 0.3 is 0 Å². The van der Waals surface area contributed by atoms with Gasteiger partial charge < -0.3 is 14.6 Å². The van der Waals surface area contributed by atoms with Gasteiger partial charge in [0.05, 0.1) is 11.0 Å². The third kappa shape index (κ3) is 4.13. The fraction of sp³-hybridized carbons (Fsp3) is 0.333. The topological polar surface area (TPSA) is 58.2 Å². The molecule has 1 atom stereocenters. The zero-order valence-electron chi connectivity index (χ0n) is 15.3. The van der Waals surface area contributed by atoms with Gasteiger partial charge in [0.15, 0.2) is 18.2 Å². The van der Waals surface area contributed by atoms with Crippen LogP contribution in [0.2, 0.25) is 0 Å². The van der Waals surface area contributed by atoms with E-state index < -0.39 is 11.6 Å². The van der Waals surface area contributed by atoms with Crippen molar-refractivity contribution in [3.05, 3.63) is 59.9 Å². The molecular weight excluding hydrogens is 364 g/mol. The lowest BCUT2D eigenvalue weighted by molar-refractivity contribution is -0.135. The Labute approximate surface area is 161 Å². The predicted octanol–water partition coefficient (Wildman–Crippen LogP) is 3.70. The minimum Gasteiger partial charge on any atom is -0.481 e. The van der Waals surface area contributed by atoms with Gasteiger partial charge in [-0.2, -0.15) is 0 Å². The van der Waals surface area contributed by atoms with Gasteiger partial charge in [0, 0.05) is 25.6 Å². The zero-order chi connectivity index (χ0) is 19.5. The Kier molecular flexibility index (Phi) is 5.23. The Morgan fingerprint density at radius 3 is 2.93 bits per heavy atom. The average Bonchev–Trinajstić information content (AvgIpc) is 3.09. The van der Waals surface area contributed by atoms with Crippen molar-refractivity contribution < 1.29 is 18.3 Å². The van der Waals surface area contributed by atoms with Crippen molar-refractivity contribution in [3.8, 4) is 5.75 Å². The lowest BCUT2D eigenvalue weighted by Gasteiger charge is -2.32. The molecule has 2 aromatic carbocycles. The minimum absolute atomic E-state index is 0.120. The molecule has 0 radical (unpaired) electrons. The average molecular weight is 385 g/mol. The second-order valence-electron chi connectivity index (χ2n) is 7.12. The number of rotatable bonds is 5. The molecule has 1 aromatic heterocycles. The summed E-state index contributed by atoms with van der Waals surface area (Å²) in [6.45, 7) is 1.01. The van der Waals surface area contributed by atoms with Gasteiger partial charge in [0.1, 0.15) is 11.6 Å². The molecule has 28 heavy (non-hydrogen) atoms. The monoisotopic (exact) mass is 385 g/mol. The summed E-state index contributed by atoms with van der Waals surface area (Å²) in [7, 11) is 0. The number of carbonyl (C=O) groups excluding carboxylic acids is 1. The molecule has 1 N–H and O–H groups in total. The third-order valence-corrected chi connectivity index (χ3v) is 5.04. The number of aromatic nitrogens is 2. The van der Waals surface area contributed by atoms with Crippen molar-refractivity contribution in [3.63, 3.8) is 0 Å². The normalized spacial score (nSPS) is 17.1. The van der Waals surface area contributed by atoms with Gasteiger partial charge in [-0.1, -0.05) is 12.1 Å². The van der Waals surface area contributed by atoms with Crippen LogP contribution in [0.5, 0.6) is 5.75 Å². The van der Waals surface area contributed by atoms with E-state index in [0.29, 0.717) is 19.0 Å². The number of imidazole rings is 1. The van der Waals surface area contributed by atoms with Gasteiger partial charge in [0.25, 0.3) is 5.91 Å². The molecule has 2 heterocycles. The molecule has 146 valence electrons. The number of hydrogen-bond acceptors (Lipinski definition) is 3. The largest absolute Gasteiger partial charge is 0.481 e. The van der Waals surface area contributed by atoms with Crippen LogP contribution >= 0.6 is 0 Å². The van der Waals surface area contributed by atoms with E-state index in [9.17, 15) is 13.6 Å². The van der Waals surface area contributed by atoms with Gasteiger partial charge in [-0.3, -0.25) is 4.79 Å². The van der Waals surface area contributed by atoms with E-state index in [4.69, 9.17) is 4.74 Å². The second-order valence-corrected chi connectivity index (χ2v) is 7.12. The number of H-pyrrole nitrogens is 1. The van der Waals surface area contributed by atoms with Crippen molar-refractivity contribution in [2.24, 2.45) is 5.92 Å². The molecule has 1 amide bonds. The summed E-state index contributed by atoms with van der Waals surface area (Å²) in [4.78, 5) is 22.2. The molecule has 4 rings (SSSR count). The first-order valence-electron chi connectivity index (χ1n) is 9.38. The van der Waals surface area contributed by atoms with Gasteiger partial charge in [-0.05, 0) is 43.0 Å². The zero-order valence-corrected chi connectivity index (χ0v) is 15.3. The third-order valence-electron chi connectivity index (χ3n) is 5.04. The standard InChI is InChI=1S/C21H21F2N3O2/c22-15-7-8-19(16(23)11-15)28-13-21(27)26-9-3-4-14(12-26)10-20-24-17-5-1-2-6-18(17)25-20/h1-2,5-8,11,14H,3-4,9-10,12-13H2,(H,24,25)/t14-/m1/s1. The summed E-state index contributed by atoms with van der Waals surface area (Å²) in [5.41, 5.74) is 1.95. The van der Waals surface area contributed by atoms with Crippen LogP contribution in [0.3, 0.4) is 0 Å². The summed E-state index contributed by atoms with van der Waals surface area (Å²) >= 11 is 0. The molecule has 3 aromatic rings. The Hall–Kier alpha value is -2.96. The summed E-state index contributed by atoms with van der Waals surface area (Å²) in [5, 5.41) is 0. The Morgan fingerprint density at radius 1 is 1.25 bits per heavy atom. The smallest absolute Gasteiger partial charge is 0.260 e. The van der Waals surface area contributed by atoms with E-state index in [1.54, 1.807) is 4.90 Å².